The topological polar surface area (TPSA) is 19.6 Å². The second kappa shape index (κ2) is 16.6. The fourth-order valence-electron chi connectivity index (χ4n) is 9.15. The standard InChI is InChI=1S/C61H46N2O/c1-61(50-20-12-5-13-21-50)40-38-54(39-41-61)63(53-32-26-49(27-33-53)46-18-10-4-11-19-46)56-35-37-60-58(43-56)57-42-55(34-36-59(57)64-60)62(51-28-22-47(23-29-51)44-14-6-2-7-15-44)52-30-24-48(25-31-52)45-16-8-3-9-17-45/h2-40,42-43H,41H2,1H3. The Balaban J connectivity index is 1.01. The number of benzene rings is 9. The summed E-state index contributed by atoms with van der Waals surface area (Å²) in [6, 6.07) is 82.3. The Kier molecular flexibility index (Phi) is 10.1. The van der Waals surface area contributed by atoms with Crippen LogP contribution in [-0.2, 0) is 5.41 Å². The summed E-state index contributed by atoms with van der Waals surface area (Å²) in [5.74, 6) is 0. The Morgan fingerprint density at radius 1 is 0.375 bits per heavy atom. The van der Waals surface area contributed by atoms with Crippen LogP contribution in [0.5, 0.6) is 0 Å². The predicted octanol–water partition coefficient (Wildman–Crippen LogP) is 17.0. The fourth-order valence-corrected chi connectivity index (χ4v) is 9.15. The molecule has 10 aromatic rings. The van der Waals surface area contributed by atoms with Gasteiger partial charge in [-0.25, -0.2) is 0 Å². The predicted molar refractivity (Wildman–Crippen MR) is 269 cm³/mol. The monoisotopic (exact) mass is 822 g/mol. The highest BCUT2D eigenvalue weighted by Crippen LogP contribution is 2.43. The van der Waals surface area contributed by atoms with E-state index in [9.17, 15) is 0 Å². The van der Waals surface area contributed by atoms with Crippen LogP contribution in [0.2, 0.25) is 0 Å². The summed E-state index contributed by atoms with van der Waals surface area (Å²) < 4.78 is 6.59. The summed E-state index contributed by atoms with van der Waals surface area (Å²) in [4.78, 5) is 4.72. The van der Waals surface area contributed by atoms with Crippen molar-refractivity contribution in [1.29, 1.82) is 0 Å². The number of furan rings is 1. The molecular formula is C61H46N2O. The lowest BCUT2D eigenvalue weighted by Crippen LogP contribution is -2.24. The van der Waals surface area contributed by atoms with E-state index in [0.29, 0.717) is 0 Å². The Morgan fingerprint density at radius 3 is 1.14 bits per heavy atom. The summed E-state index contributed by atoms with van der Waals surface area (Å²) in [5, 5.41) is 2.12. The number of anilines is 5. The number of fused-ring (bicyclic) bond motifs is 3. The lowest BCUT2D eigenvalue weighted by molar-refractivity contribution is 0.595. The van der Waals surface area contributed by atoms with E-state index in [1.54, 1.807) is 0 Å². The van der Waals surface area contributed by atoms with Gasteiger partial charge >= 0.3 is 0 Å². The van der Waals surface area contributed by atoms with Gasteiger partial charge in [0, 0.05) is 50.3 Å². The molecule has 0 radical (unpaired) electrons. The van der Waals surface area contributed by atoms with Crippen LogP contribution in [0.3, 0.4) is 0 Å². The molecule has 0 saturated carbocycles. The van der Waals surface area contributed by atoms with Gasteiger partial charge in [0.15, 0.2) is 0 Å². The highest BCUT2D eigenvalue weighted by atomic mass is 16.3. The molecule has 306 valence electrons. The van der Waals surface area contributed by atoms with Gasteiger partial charge in [-0.3, -0.25) is 0 Å². The smallest absolute Gasteiger partial charge is 0.135 e. The van der Waals surface area contributed by atoms with Crippen LogP contribution < -0.4 is 9.80 Å². The maximum atomic E-state index is 6.59. The van der Waals surface area contributed by atoms with Gasteiger partial charge in [-0.15, -0.1) is 0 Å². The minimum absolute atomic E-state index is 0.0929. The van der Waals surface area contributed by atoms with Crippen molar-refractivity contribution in [1.82, 2.24) is 0 Å². The number of nitrogens with zero attached hydrogens (tertiary/aromatic N) is 2. The van der Waals surface area contributed by atoms with Crippen LogP contribution in [0.4, 0.5) is 28.4 Å². The Bertz CT molecular complexity index is 3180. The third-order valence-electron chi connectivity index (χ3n) is 12.7. The first kappa shape index (κ1) is 38.8. The maximum Gasteiger partial charge on any atom is 0.135 e. The average molecular weight is 823 g/mol. The van der Waals surface area contributed by atoms with Gasteiger partial charge in [-0.2, -0.15) is 0 Å². The summed E-state index contributed by atoms with van der Waals surface area (Å²) in [5.41, 5.74) is 16.6. The van der Waals surface area contributed by atoms with Crippen molar-refractivity contribution >= 4 is 50.4 Å². The molecule has 1 aliphatic rings. The molecule has 11 rings (SSSR count). The third kappa shape index (κ3) is 7.48. The lowest BCUT2D eigenvalue weighted by atomic mass is 9.77. The molecule has 0 saturated heterocycles. The third-order valence-corrected chi connectivity index (χ3v) is 12.7. The molecule has 9 aromatic carbocycles. The zero-order chi connectivity index (χ0) is 42.9. The largest absolute Gasteiger partial charge is 0.456 e. The minimum atomic E-state index is -0.0929. The Morgan fingerprint density at radius 2 is 0.734 bits per heavy atom. The molecule has 0 aliphatic heterocycles. The van der Waals surface area contributed by atoms with Gasteiger partial charge in [-0.1, -0.05) is 177 Å². The van der Waals surface area contributed by atoms with E-state index >= 15 is 0 Å². The second-order valence-electron chi connectivity index (χ2n) is 16.8. The van der Waals surface area contributed by atoms with E-state index in [4.69, 9.17) is 4.42 Å². The van der Waals surface area contributed by atoms with E-state index in [1.165, 1.54) is 38.9 Å². The molecule has 1 atom stereocenters. The van der Waals surface area contributed by atoms with Crippen LogP contribution in [0, 0.1) is 0 Å². The highest BCUT2D eigenvalue weighted by molar-refractivity contribution is 6.08. The Labute approximate surface area is 375 Å². The number of rotatable bonds is 10. The summed E-state index contributed by atoms with van der Waals surface area (Å²) >= 11 is 0. The maximum absolute atomic E-state index is 6.59. The first-order valence-electron chi connectivity index (χ1n) is 22.0. The van der Waals surface area contributed by atoms with Crippen LogP contribution in [0.25, 0.3) is 55.3 Å². The van der Waals surface area contributed by atoms with Crippen LogP contribution in [-0.4, -0.2) is 0 Å². The molecule has 0 bridgehead atoms. The quantitative estimate of drug-likeness (QED) is 0.137. The molecule has 1 heterocycles. The molecule has 0 spiro atoms. The molecule has 3 nitrogen and oxygen atoms in total. The first-order chi connectivity index (χ1) is 31.6. The van der Waals surface area contributed by atoms with Crippen molar-refractivity contribution in [3.8, 4) is 33.4 Å². The number of hydrogen-bond donors (Lipinski definition) is 0. The van der Waals surface area contributed by atoms with Crippen molar-refractivity contribution in [3.05, 3.63) is 260 Å². The lowest BCUT2D eigenvalue weighted by Gasteiger charge is -2.33. The summed E-state index contributed by atoms with van der Waals surface area (Å²) in [7, 11) is 0. The van der Waals surface area contributed by atoms with E-state index in [0.717, 1.165) is 62.5 Å². The minimum Gasteiger partial charge on any atom is -0.456 e. The molecule has 0 amide bonds. The van der Waals surface area contributed by atoms with Crippen LogP contribution in [0.15, 0.2) is 259 Å². The molecular weight excluding hydrogens is 777 g/mol. The van der Waals surface area contributed by atoms with Crippen molar-refractivity contribution in [2.75, 3.05) is 9.80 Å². The van der Waals surface area contributed by atoms with Gasteiger partial charge in [0.2, 0.25) is 0 Å². The highest BCUT2D eigenvalue weighted by Gasteiger charge is 2.27. The van der Waals surface area contributed by atoms with Crippen LogP contribution in [0.1, 0.15) is 18.9 Å². The van der Waals surface area contributed by atoms with Gasteiger partial charge in [-0.05, 0) is 124 Å². The van der Waals surface area contributed by atoms with Gasteiger partial charge < -0.3 is 14.2 Å². The molecule has 0 N–H and O–H groups in total. The van der Waals surface area contributed by atoms with Crippen molar-refractivity contribution in [3.63, 3.8) is 0 Å². The van der Waals surface area contributed by atoms with E-state index in [-0.39, 0.29) is 5.41 Å². The summed E-state index contributed by atoms with van der Waals surface area (Å²) in [6.07, 6.45) is 7.93. The van der Waals surface area contributed by atoms with Crippen LogP contribution >= 0.6 is 0 Å². The Hall–Kier alpha value is -8.14. The zero-order valence-electron chi connectivity index (χ0n) is 35.7. The fraction of sp³-hybridized carbons (Fsp3) is 0.0492. The van der Waals surface area contributed by atoms with Gasteiger partial charge in [0.05, 0.1) is 0 Å². The normalized spacial score (nSPS) is 14.7. The average Bonchev–Trinajstić information content (AvgIpc) is 3.74. The van der Waals surface area contributed by atoms with Gasteiger partial charge in [0.25, 0.3) is 0 Å². The summed E-state index contributed by atoms with van der Waals surface area (Å²) in [6.45, 7) is 2.32. The zero-order valence-corrected chi connectivity index (χ0v) is 35.7. The van der Waals surface area contributed by atoms with Gasteiger partial charge in [0.1, 0.15) is 11.2 Å². The van der Waals surface area contributed by atoms with Crippen molar-refractivity contribution in [2.45, 2.75) is 18.8 Å². The molecule has 1 aliphatic carbocycles. The number of allylic oxidation sites excluding steroid dienone is 3. The molecule has 1 unspecified atom stereocenters. The molecule has 0 fully saturated rings. The number of hydrogen-bond acceptors (Lipinski definition) is 3. The SMILES string of the molecule is CC1(c2ccccc2)C=CC(N(c2ccc(-c3ccccc3)cc2)c2ccc3oc4ccc(N(c5ccc(-c6ccccc6)cc5)c5ccc(-c6ccccc6)cc5)cc4c3c2)=CC1. The van der Waals surface area contributed by atoms with Crippen molar-refractivity contribution in [2.24, 2.45) is 0 Å². The molecule has 1 aromatic heterocycles. The first-order valence-corrected chi connectivity index (χ1v) is 22.0. The van der Waals surface area contributed by atoms with E-state index in [2.05, 4.69) is 265 Å². The van der Waals surface area contributed by atoms with E-state index < -0.39 is 0 Å². The molecule has 3 heteroatoms. The molecule has 64 heavy (non-hydrogen) atoms. The second-order valence-corrected chi connectivity index (χ2v) is 16.8. The van der Waals surface area contributed by atoms with E-state index in [1.807, 2.05) is 0 Å². The van der Waals surface area contributed by atoms with Crippen molar-refractivity contribution < 1.29 is 4.42 Å².